The van der Waals surface area contributed by atoms with Gasteiger partial charge in [0.15, 0.2) is 0 Å². The summed E-state index contributed by atoms with van der Waals surface area (Å²) in [6, 6.07) is 10.2. The Morgan fingerprint density at radius 2 is 1.86 bits per heavy atom. The van der Waals surface area contributed by atoms with E-state index in [1.54, 1.807) is 0 Å². The normalized spacial score (nSPS) is 8.36. The van der Waals surface area contributed by atoms with Gasteiger partial charge in [0.05, 0.1) is 0 Å². The molecule has 1 amide bonds. The molecule has 1 rings (SSSR count). The lowest BCUT2D eigenvalue weighted by Crippen LogP contribution is -2.17. The minimum Gasteiger partial charge on any atom is -0.384 e. The van der Waals surface area contributed by atoms with Crippen LogP contribution in [0.2, 0.25) is 0 Å². The molecule has 0 fully saturated rings. The first-order valence-electron chi connectivity index (χ1n) is 4.44. The van der Waals surface area contributed by atoms with E-state index in [-0.39, 0.29) is 6.41 Å². The number of amides is 1. The van der Waals surface area contributed by atoms with Crippen molar-refractivity contribution in [3.63, 3.8) is 0 Å². The van der Waals surface area contributed by atoms with E-state index in [1.165, 1.54) is 5.69 Å². The second-order valence-electron chi connectivity index (χ2n) is 2.53. The summed E-state index contributed by atoms with van der Waals surface area (Å²) in [5.41, 5.74) is 5.35. The third kappa shape index (κ3) is 7.12. The van der Waals surface area contributed by atoms with Crippen LogP contribution in [-0.2, 0) is 4.79 Å². The molecule has 0 aliphatic rings. The van der Waals surface area contributed by atoms with Crippen LogP contribution in [0.3, 0.4) is 0 Å². The molecule has 4 heteroatoms. The quantitative estimate of drug-likeness (QED) is 0.482. The average molecular weight is 195 g/mol. The zero-order valence-corrected chi connectivity index (χ0v) is 8.36. The number of hydrogen-bond acceptors (Lipinski definition) is 3. The average Bonchev–Trinajstić information content (AvgIpc) is 2.21. The minimum atomic E-state index is 0.250. The van der Waals surface area contributed by atoms with Gasteiger partial charge in [0.25, 0.3) is 0 Å². The van der Waals surface area contributed by atoms with Gasteiger partial charge >= 0.3 is 0 Å². The van der Waals surface area contributed by atoms with Crippen LogP contribution >= 0.6 is 0 Å². The van der Waals surface area contributed by atoms with E-state index in [4.69, 9.17) is 4.79 Å². The Labute approximate surface area is 84.5 Å². The van der Waals surface area contributed by atoms with Gasteiger partial charge in [-0.15, -0.1) is 0 Å². The molecule has 0 unspecified atom stereocenters. The second-order valence-corrected chi connectivity index (χ2v) is 2.53. The lowest BCUT2D eigenvalue weighted by Gasteiger charge is -2.04. The Kier molecular flexibility index (Phi) is 8.48. The molecule has 0 heterocycles. The molecule has 0 spiro atoms. The maximum Gasteiger partial charge on any atom is 0.204 e. The van der Waals surface area contributed by atoms with Crippen molar-refractivity contribution in [2.24, 2.45) is 5.73 Å². The fraction of sp³-hybridized carbons (Fsp3) is 0.300. The molecule has 78 valence electrons. The first-order valence-corrected chi connectivity index (χ1v) is 4.44. The monoisotopic (exact) mass is 195 g/mol. The third-order valence-electron chi connectivity index (χ3n) is 1.48. The van der Waals surface area contributed by atoms with Crippen molar-refractivity contribution in [3.8, 4) is 0 Å². The molecule has 0 saturated heterocycles. The highest BCUT2D eigenvalue weighted by molar-refractivity contribution is 5.42. The number of benzene rings is 1. The van der Waals surface area contributed by atoms with E-state index in [0.29, 0.717) is 0 Å². The molecule has 0 saturated carbocycles. The standard InChI is InChI=1S/C9H14N2.CH3NO/c1-10-7-8-11-9-5-3-2-4-6-9;2-1-3/h2-6,10-11H,7-8H2,1H3;1H,(H2,2,3). The number of carbonyl (C=O) groups is 1. The van der Waals surface area contributed by atoms with Crippen molar-refractivity contribution in [1.29, 1.82) is 0 Å². The first kappa shape index (κ1) is 12.4. The fourth-order valence-corrected chi connectivity index (χ4v) is 0.888. The van der Waals surface area contributed by atoms with Crippen molar-refractivity contribution < 1.29 is 4.79 Å². The molecule has 0 atom stereocenters. The van der Waals surface area contributed by atoms with Crippen LogP contribution in [0.25, 0.3) is 0 Å². The van der Waals surface area contributed by atoms with Crippen LogP contribution in [0.4, 0.5) is 5.69 Å². The summed E-state index contributed by atoms with van der Waals surface area (Å²) in [5, 5.41) is 6.36. The zero-order chi connectivity index (χ0) is 10.6. The van der Waals surface area contributed by atoms with Gasteiger partial charge in [0.2, 0.25) is 6.41 Å². The van der Waals surface area contributed by atoms with Crippen LogP contribution in [0, 0.1) is 0 Å². The molecule has 4 N–H and O–H groups in total. The predicted octanol–water partition coefficient (Wildman–Crippen LogP) is 0.419. The number of primary amides is 1. The van der Waals surface area contributed by atoms with E-state index < -0.39 is 0 Å². The highest BCUT2D eigenvalue weighted by Crippen LogP contribution is 2.02. The number of nitrogens with two attached hydrogens (primary N) is 1. The number of likely N-dealkylation sites (N-methyl/N-ethyl adjacent to an activating group) is 1. The van der Waals surface area contributed by atoms with E-state index >= 15 is 0 Å². The van der Waals surface area contributed by atoms with Crippen LogP contribution in [-0.4, -0.2) is 26.5 Å². The summed E-state index contributed by atoms with van der Waals surface area (Å²) >= 11 is 0. The molecular formula is C10H17N3O. The van der Waals surface area contributed by atoms with Gasteiger partial charge in [0.1, 0.15) is 0 Å². The minimum absolute atomic E-state index is 0.250. The summed E-state index contributed by atoms with van der Waals surface area (Å²) in [5.74, 6) is 0. The summed E-state index contributed by atoms with van der Waals surface area (Å²) < 4.78 is 0. The number of nitrogens with one attached hydrogen (secondary N) is 2. The maximum atomic E-state index is 8.58. The van der Waals surface area contributed by atoms with Gasteiger partial charge in [-0.3, -0.25) is 4.79 Å². The van der Waals surface area contributed by atoms with Crippen molar-refractivity contribution in [3.05, 3.63) is 30.3 Å². The molecule has 0 radical (unpaired) electrons. The highest BCUT2D eigenvalue weighted by Gasteiger charge is 1.85. The maximum absolute atomic E-state index is 8.58. The highest BCUT2D eigenvalue weighted by atomic mass is 16.1. The molecule has 0 aliphatic carbocycles. The Hall–Kier alpha value is -1.55. The molecule has 0 aromatic heterocycles. The SMILES string of the molecule is CNCCNc1ccccc1.NC=O. The summed E-state index contributed by atoms with van der Waals surface area (Å²) in [6.45, 7) is 1.97. The van der Waals surface area contributed by atoms with E-state index in [9.17, 15) is 0 Å². The number of anilines is 1. The van der Waals surface area contributed by atoms with Crippen molar-refractivity contribution in [1.82, 2.24) is 5.32 Å². The summed E-state index contributed by atoms with van der Waals surface area (Å²) in [6.07, 6.45) is 0.250. The van der Waals surface area contributed by atoms with Crippen LogP contribution in [0.15, 0.2) is 30.3 Å². The molecule has 0 aliphatic heterocycles. The van der Waals surface area contributed by atoms with Gasteiger partial charge in [-0.2, -0.15) is 0 Å². The van der Waals surface area contributed by atoms with Gasteiger partial charge < -0.3 is 16.4 Å². The molecule has 1 aromatic rings. The molecule has 4 nitrogen and oxygen atoms in total. The van der Waals surface area contributed by atoms with Gasteiger partial charge in [-0.05, 0) is 19.2 Å². The number of rotatable bonds is 4. The second kappa shape index (κ2) is 9.54. The summed E-state index contributed by atoms with van der Waals surface area (Å²) in [4.78, 5) is 8.58. The third-order valence-corrected chi connectivity index (χ3v) is 1.48. The van der Waals surface area contributed by atoms with Crippen molar-refractivity contribution in [2.75, 3.05) is 25.5 Å². The van der Waals surface area contributed by atoms with Crippen molar-refractivity contribution in [2.45, 2.75) is 0 Å². The number of carbonyl (C=O) groups excluding carboxylic acids is 1. The number of para-hydroxylation sites is 1. The van der Waals surface area contributed by atoms with E-state index in [2.05, 4.69) is 28.5 Å². The van der Waals surface area contributed by atoms with Crippen LogP contribution in [0.5, 0.6) is 0 Å². The fourth-order valence-electron chi connectivity index (χ4n) is 0.888. The summed E-state index contributed by atoms with van der Waals surface area (Å²) in [7, 11) is 1.95. The topological polar surface area (TPSA) is 67.2 Å². The molecular weight excluding hydrogens is 178 g/mol. The molecule has 0 bridgehead atoms. The van der Waals surface area contributed by atoms with Crippen LogP contribution in [0.1, 0.15) is 0 Å². The largest absolute Gasteiger partial charge is 0.384 e. The van der Waals surface area contributed by atoms with Gasteiger partial charge in [-0.1, -0.05) is 18.2 Å². The van der Waals surface area contributed by atoms with E-state index in [0.717, 1.165) is 13.1 Å². The Morgan fingerprint density at radius 1 is 1.29 bits per heavy atom. The Balaban J connectivity index is 0.000000500. The van der Waals surface area contributed by atoms with E-state index in [1.807, 2.05) is 25.2 Å². The lowest BCUT2D eigenvalue weighted by molar-refractivity contribution is -0.106. The van der Waals surface area contributed by atoms with Crippen LogP contribution < -0.4 is 16.4 Å². The van der Waals surface area contributed by atoms with Crippen molar-refractivity contribution >= 4 is 12.1 Å². The predicted molar refractivity (Wildman–Crippen MR) is 59.1 cm³/mol. The lowest BCUT2D eigenvalue weighted by atomic mass is 10.3. The molecule has 14 heavy (non-hydrogen) atoms. The Bertz CT molecular complexity index is 226. The van der Waals surface area contributed by atoms with Gasteiger partial charge in [-0.25, -0.2) is 0 Å². The smallest absolute Gasteiger partial charge is 0.204 e. The zero-order valence-electron chi connectivity index (χ0n) is 8.36. The van der Waals surface area contributed by atoms with Gasteiger partial charge in [0, 0.05) is 18.8 Å². The molecule has 1 aromatic carbocycles. The number of hydrogen-bond donors (Lipinski definition) is 3. The first-order chi connectivity index (χ1) is 6.85. The Morgan fingerprint density at radius 3 is 2.36 bits per heavy atom.